The number of aliphatic carboxylic acids is 1. The molecule has 0 bridgehead atoms. The molecule has 6 rings (SSSR count). The smallest absolute Gasteiger partial charge is 0.480 e. The van der Waals surface area contributed by atoms with E-state index in [1.807, 2.05) is 4.72 Å². The van der Waals surface area contributed by atoms with Crippen LogP contribution in [0.25, 0.3) is 5.82 Å². The maximum absolute atomic E-state index is 15.1. The van der Waals surface area contributed by atoms with Gasteiger partial charge in [-0.1, -0.05) is 12.1 Å². The van der Waals surface area contributed by atoms with E-state index >= 15 is 8.78 Å². The molecule has 0 aliphatic carbocycles. The first-order valence-corrected chi connectivity index (χ1v) is 16.0. The van der Waals surface area contributed by atoms with Gasteiger partial charge < -0.3 is 10.4 Å². The number of hydrogen-bond donors (Lipinski definition) is 3. The summed E-state index contributed by atoms with van der Waals surface area (Å²) in [7, 11) is -2.88. The maximum Gasteiger partial charge on any atom is 0.506 e. The molecule has 50 heavy (non-hydrogen) atoms. The summed E-state index contributed by atoms with van der Waals surface area (Å²) >= 11 is 0. The van der Waals surface area contributed by atoms with Crippen LogP contribution in [0, 0.1) is 17.6 Å². The number of pyridine rings is 1. The van der Waals surface area contributed by atoms with Crippen molar-refractivity contribution in [1.82, 2.24) is 25.1 Å². The van der Waals surface area contributed by atoms with Gasteiger partial charge in [-0.25, -0.2) is 41.4 Å². The first-order chi connectivity index (χ1) is 23.8. The van der Waals surface area contributed by atoms with Crippen LogP contribution >= 0.6 is 0 Å². The van der Waals surface area contributed by atoms with Gasteiger partial charge in [0.15, 0.2) is 5.82 Å². The Balaban J connectivity index is 1.14. The average molecular weight is 705 g/mol. The number of aromatic nitrogens is 4. The maximum atomic E-state index is 15.1. The third kappa shape index (κ3) is 6.48. The number of carbonyl (C=O) groups excluding carboxylic acids is 3. The van der Waals surface area contributed by atoms with Crippen molar-refractivity contribution < 1.29 is 46.1 Å². The van der Waals surface area contributed by atoms with Crippen LogP contribution < -0.4 is 14.9 Å². The van der Waals surface area contributed by atoms with E-state index in [9.17, 15) is 32.7 Å². The van der Waals surface area contributed by atoms with Crippen LogP contribution in [0.2, 0.25) is 0 Å². The Hall–Kier alpha value is -6.50. The fourth-order valence-corrected chi connectivity index (χ4v) is 6.16. The monoisotopic (exact) mass is 704 g/mol. The Morgan fingerprint density at radius 2 is 1.80 bits per heavy atom. The molecule has 2 aromatic carbocycles. The standard InChI is InChI=1S/C31H23F2N9O7S/c1-40-25-14-34-9-8-21(25)29(44)42(31(40)47)19-4-2-17(3-5-19)10-24(30(45)46)38-28(43)27-22(32)11-18(12-23(27)33)39-50(48,49)20-6-7-26(36-13-20)41-16-35-15-37-41/h2-9,11-16,21,24H,10H2,1H3,(H2-,38,39,43,45,46)/p+1/t21?,24-/m0/s1. The van der Waals surface area contributed by atoms with E-state index < -0.39 is 68.7 Å². The van der Waals surface area contributed by atoms with Crippen LogP contribution in [0.4, 0.5) is 25.0 Å². The van der Waals surface area contributed by atoms with Gasteiger partial charge in [-0.05, 0) is 48.0 Å². The molecule has 0 saturated heterocycles. The van der Waals surface area contributed by atoms with Gasteiger partial charge in [0.2, 0.25) is 0 Å². The van der Waals surface area contributed by atoms with Crippen molar-refractivity contribution in [3.63, 3.8) is 0 Å². The lowest BCUT2D eigenvalue weighted by Gasteiger charge is -2.24. The summed E-state index contributed by atoms with van der Waals surface area (Å²) in [5.41, 5.74) is -0.717. The number of carboxylic acid groups (broad SMARTS) is 1. The predicted molar refractivity (Wildman–Crippen MR) is 171 cm³/mol. The molecule has 2 aliphatic rings. The molecular formula is C31H24F2N9O7S+. The summed E-state index contributed by atoms with van der Waals surface area (Å²) in [4.78, 5) is 63.3. The summed E-state index contributed by atoms with van der Waals surface area (Å²) in [6.07, 6.45) is 7.69. The minimum absolute atomic E-state index is 0.210. The highest BCUT2D eigenvalue weighted by atomic mass is 32.2. The van der Waals surface area contributed by atoms with Gasteiger partial charge in [0.1, 0.15) is 58.1 Å². The van der Waals surface area contributed by atoms with Crippen LogP contribution in [0.1, 0.15) is 15.9 Å². The van der Waals surface area contributed by atoms with E-state index in [4.69, 9.17) is 0 Å². The van der Waals surface area contributed by atoms with Gasteiger partial charge in [0.05, 0.1) is 18.9 Å². The minimum atomic E-state index is -4.38. The topological polar surface area (TPSA) is 209 Å². The molecule has 0 fully saturated rings. The summed E-state index contributed by atoms with van der Waals surface area (Å²) < 4.78 is 60.4. The molecule has 4 heterocycles. The van der Waals surface area contributed by atoms with Crippen molar-refractivity contribution in [3.05, 3.63) is 102 Å². The number of carbonyl (C=O) groups is 4. The van der Waals surface area contributed by atoms with Crippen LogP contribution in [-0.2, 0) is 26.0 Å². The molecule has 2 aromatic heterocycles. The number of carboxylic acids is 1. The number of sulfonamides is 1. The molecule has 16 nitrogen and oxygen atoms in total. The van der Waals surface area contributed by atoms with Crippen molar-refractivity contribution in [3.8, 4) is 5.82 Å². The Morgan fingerprint density at radius 3 is 2.42 bits per heavy atom. The van der Waals surface area contributed by atoms with Crippen LogP contribution in [0.3, 0.4) is 0 Å². The van der Waals surface area contributed by atoms with Gasteiger partial charge in [-0.15, -0.1) is 4.90 Å². The number of rotatable bonds is 10. The molecule has 0 radical (unpaired) electrons. The quantitative estimate of drug-likeness (QED) is 0.204. The molecule has 4 amide bonds. The number of aliphatic imine (C=N–C) groups is 1. The molecule has 4 aromatic rings. The molecule has 2 atom stereocenters. The number of benzene rings is 2. The first kappa shape index (κ1) is 33.4. The lowest BCUT2D eigenvalue weighted by atomic mass is 9.97. The van der Waals surface area contributed by atoms with Crippen LogP contribution in [0.15, 0.2) is 89.5 Å². The average Bonchev–Trinajstić information content (AvgIpc) is 3.63. The van der Waals surface area contributed by atoms with Gasteiger partial charge in [-0.3, -0.25) is 14.5 Å². The van der Waals surface area contributed by atoms with E-state index in [2.05, 4.69) is 25.4 Å². The highest BCUT2D eigenvalue weighted by Gasteiger charge is 2.47. The van der Waals surface area contributed by atoms with E-state index in [1.165, 1.54) is 77.8 Å². The number of fused-ring (bicyclic) bond motifs is 1. The highest BCUT2D eigenvalue weighted by molar-refractivity contribution is 7.92. The zero-order valence-corrected chi connectivity index (χ0v) is 26.5. The normalized spacial score (nSPS) is 16.3. The van der Waals surface area contributed by atoms with E-state index in [1.54, 1.807) is 6.08 Å². The van der Waals surface area contributed by atoms with Gasteiger partial charge in [-0.2, -0.15) is 14.5 Å². The number of halogens is 2. The number of amides is 4. The SMILES string of the molecule is C[N+]1=C2C=NC=CC2C(=O)N(c2ccc(C[C@H](NC(=O)c3c(F)cc(NS(=O)(=O)c4ccc(-n5cncn5)nc4)cc3F)C(=O)O)cc2)C1=O. The number of hydrogen-bond acceptors (Lipinski definition) is 10. The van der Waals surface area contributed by atoms with Crippen molar-refractivity contribution in [2.75, 3.05) is 16.7 Å². The number of nitrogens with one attached hydrogen (secondary N) is 2. The number of nitrogens with zero attached hydrogens (tertiary/aromatic N) is 7. The zero-order valence-electron chi connectivity index (χ0n) is 25.6. The summed E-state index contributed by atoms with van der Waals surface area (Å²) in [5.74, 6) is -6.83. The second kappa shape index (κ2) is 13.2. The Bertz CT molecular complexity index is 2220. The minimum Gasteiger partial charge on any atom is -0.480 e. The molecule has 0 saturated carbocycles. The summed E-state index contributed by atoms with van der Waals surface area (Å²) in [5, 5.41) is 15.7. The Morgan fingerprint density at radius 1 is 1.08 bits per heavy atom. The third-order valence-corrected chi connectivity index (χ3v) is 9.05. The summed E-state index contributed by atoms with van der Waals surface area (Å²) in [6.45, 7) is 0. The number of urea groups is 1. The van der Waals surface area contributed by atoms with Crippen molar-refractivity contribution in [2.45, 2.75) is 17.4 Å². The highest BCUT2D eigenvalue weighted by Crippen LogP contribution is 2.26. The largest absolute Gasteiger partial charge is 0.506 e. The predicted octanol–water partition coefficient (Wildman–Crippen LogP) is 1.93. The number of anilines is 2. The van der Waals surface area contributed by atoms with E-state index in [0.717, 1.165) is 11.1 Å². The molecule has 2 aliphatic heterocycles. The third-order valence-electron chi connectivity index (χ3n) is 7.69. The Kier molecular flexibility index (Phi) is 8.81. The molecular weight excluding hydrogens is 680 g/mol. The van der Waals surface area contributed by atoms with Crippen molar-refractivity contribution in [2.24, 2.45) is 10.9 Å². The van der Waals surface area contributed by atoms with Gasteiger partial charge >= 0.3 is 17.9 Å². The molecule has 19 heteroatoms. The molecule has 0 spiro atoms. The van der Waals surface area contributed by atoms with E-state index in [0.29, 0.717) is 23.4 Å². The zero-order chi connectivity index (χ0) is 35.7. The lowest BCUT2D eigenvalue weighted by Crippen LogP contribution is -2.54. The fourth-order valence-electron chi connectivity index (χ4n) is 5.17. The lowest BCUT2D eigenvalue weighted by molar-refractivity contribution is -0.392. The number of imide groups is 1. The molecule has 254 valence electrons. The van der Waals surface area contributed by atoms with Crippen LogP contribution in [0.5, 0.6) is 0 Å². The van der Waals surface area contributed by atoms with Crippen molar-refractivity contribution >= 4 is 57.1 Å². The molecule has 3 N–H and O–H groups in total. The van der Waals surface area contributed by atoms with Gasteiger partial charge in [0, 0.05) is 18.8 Å². The second-order valence-electron chi connectivity index (χ2n) is 10.9. The molecule has 1 unspecified atom stereocenters. The van der Waals surface area contributed by atoms with Gasteiger partial charge in [0.25, 0.3) is 15.9 Å². The fraction of sp³-hybridized carbons (Fsp3) is 0.129. The second-order valence-corrected chi connectivity index (χ2v) is 12.6. The summed E-state index contributed by atoms with van der Waals surface area (Å²) in [6, 6.07) is 7.09. The van der Waals surface area contributed by atoms with E-state index in [-0.39, 0.29) is 22.8 Å². The van der Waals surface area contributed by atoms with Crippen molar-refractivity contribution in [1.29, 1.82) is 0 Å². The Labute approximate surface area is 281 Å². The first-order valence-electron chi connectivity index (χ1n) is 14.5. The van der Waals surface area contributed by atoms with Crippen LogP contribution in [-0.4, -0.2) is 86.7 Å².